The molecule has 1 aromatic rings. The summed E-state index contributed by atoms with van der Waals surface area (Å²) in [6.07, 6.45) is -0.318. The molecule has 7 heteroatoms. The summed E-state index contributed by atoms with van der Waals surface area (Å²) >= 11 is 0. The fourth-order valence-electron chi connectivity index (χ4n) is 2.00. The average molecular weight is 282 g/mol. The minimum Gasteiger partial charge on any atom is -0.465 e. The third-order valence-corrected chi connectivity index (χ3v) is 3.07. The lowest BCUT2D eigenvalue weighted by Crippen LogP contribution is -2.35. The van der Waals surface area contributed by atoms with E-state index in [1.165, 1.54) is 19.2 Å². The molecule has 3 N–H and O–H groups in total. The topological polar surface area (TPSA) is 87.7 Å². The molecular formula is C13H15FN2O4. The highest BCUT2D eigenvalue weighted by atomic mass is 19.1. The molecule has 6 nitrogen and oxygen atoms in total. The molecule has 1 heterocycles. The van der Waals surface area contributed by atoms with Crippen molar-refractivity contribution in [1.82, 2.24) is 5.32 Å². The number of anilines is 1. The number of hydrogen-bond acceptors (Lipinski definition) is 5. The van der Waals surface area contributed by atoms with Crippen LogP contribution >= 0.6 is 0 Å². The summed E-state index contributed by atoms with van der Waals surface area (Å²) < 4.78 is 18.2. The quantitative estimate of drug-likeness (QED) is 0.693. The number of nitrogens with one attached hydrogen (secondary N) is 2. The smallest absolute Gasteiger partial charge is 0.337 e. The molecule has 0 spiro atoms. The maximum atomic E-state index is 13.6. The van der Waals surface area contributed by atoms with Crippen molar-refractivity contribution < 1.29 is 23.8 Å². The van der Waals surface area contributed by atoms with Crippen LogP contribution in [-0.4, -0.2) is 42.8 Å². The number of amides is 1. The van der Waals surface area contributed by atoms with Gasteiger partial charge in [-0.3, -0.25) is 4.79 Å². The number of carbonyl (C=O) groups excluding carboxylic acids is 2. The molecule has 0 bridgehead atoms. The molecule has 0 radical (unpaired) electrons. The Hall–Kier alpha value is -1.99. The second kappa shape index (κ2) is 5.98. The van der Waals surface area contributed by atoms with Crippen LogP contribution in [0.5, 0.6) is 0 Å². The lowest BCUT2D eigenvalue weighted by Gasteiger charge is -2.12. The molecule has 1 fully saturated rings. The second-order valence-electron chi connectivity index (χ2n) is 4.53. The van der Waals surface area contributed by atoms with Crippen molar-refractivity contribution in [1.29, 1.82) is 0 Å². The largest absolute Gasteiger partial charge is 0.465 e. The van der Waals surface area contributed by atoms with E-state index in [1.807, 2.05) is 0 Å². The van der Waals surface area contributed by atoms with Gasteiger partial charge in [-0.15, -0.1) is 0 Å². The van der Waals surface area contributed by atoms with Crippen LogP contribution in [-0.2, 0) is 9.53 Å². The monoisotopic (exact) mass is 282 g/mol. The molecule has 1 saturated heterocycles. The van der Waals surface area contributed by atoms with Crippen LogP contribution in [0.4, 0.5) is 10.1 Å². The first-order valence-electron chi connectivity index (χ1n) is 6.11. The maximum Gasteiger partial charge on any atom is 0.337 e. The zero-order valence-corrected chi connectivity index (χ0v) is 10.9. The molecule has 2 unspecified atom stereocenters. The molecule has 0 aromatic heterocycles. The van der Waals surface area contributed by atoms with Crippen LogP contribution in [0, 0.1) is 5.82 Å². The average Bonchev–Trinajstić information content (AvgIpc) is 2.87. The highest BCUT2D eigenvalue weighted by molar-refractivity contribution is 5.97. The number of carbonyl (C=O) groups is 2. The number of halogens is 1. The van der Waals surface area contributed by atoms with Gasteiger partial charge in [-0.2, -0.15) is 0 Å². The number of aliphatic hydroxyl groups excluding tert-OH is 1. The van der Waals surface area contributed by atoms with Crippen molar-refractivity contribution >= 4 is 17.6 Å². The van der Waals surface area contributed by atoms with Gasteiger partial charge in [-0.1, -0.05) is 0 Å². The predicted molar refractivity (Wildman–Crippen MR) is 68.8 cm³/mol. The van der Waals surface area contributed by atoms with Gasteiger partial charge in [0.2, 0.25) is 5.91 Å². The van der Waals surface area contributed by atoms with Gasteiger partial charge in [-0.25, -0.2) is 9.18 Å². The summed E-state index contributed by atoms with van der Waals surface area (Å²) in [7, 11) is 1.22. The number of benzene rings is 1. The molecule has 0 aliphatic carbocycles. The predicted octanol–water partition coefficient (Wildman–Crippen LogP) is 0.274. The summed E-state index contributed by atoms with van der Waals surface area (Å²) in [6, 6.07) is 2.99. The normalized spacial score (nSPS) is 21.6. The Morgan fingerprint density at radius 3 is 2.85 bits per heavy atom. The van der Waals surface area contributed by atoms with Crippen LogP contribution in [0.15, 0.2) is 18.2 Å². The van der Waals surface area contributed by atoms with E-state index in [1.54, 1.807) is 0 Å². The van der Waals surface area contributed by atoms with Gasteiger partial charge in [0, 0.05) is 6.54 Å². The van der Waals surface area contributed by atoms with Crippen molar-refractivity contribution in [3.8, 4) is 0 Å². The summed E-state index contributed by atoms with van der Waals surface area (Å²) in [5, 5.41) is 14.6. The van der Waals surface area contributed by atoms with E-state index in [-0.39, 0.29) is 17.7 Å². The summed E-state index contributed by atoms with van der Waals surface area (Å²) in [5.74, 6) is -1.72. The number of ether oxygens (including phenoxy) is 1. The SMILES string of the molecule is COC(=O)c1ccc(F)c(NC(=O)C2CC(O)CN2)c1. The maximum absolute atomic E-state index is 13.6. The van der Waals surface area contributed by atoms with E-state index in [2.05, 4.69) is 15.4 Å². The fourth-order valence-corrected chi connectivity index (χ4v) is 2.00. The highest BCUT2D eigenvalue weighted by Crippen LogP contribution is 2.18. The Balaban J connectivity index is 2.12. The van der Waals surface area contributed by atoms with E-state index < -0.39 is 29.8 Å². The number of β-amino-alcohol motifs (C(OH)–C–C–N with tert-alkyl or cyclic N) is 1. The second-order valence-corrected chi connectivity index (χ2v) is 4.53. The van der Waals surface area contributed by atoms with Crippen LogP contribution in [0.1, 0.15) is 16.8 Å². The van der Waals surface area contributed by atoms with Crippen LogP contribution in [0.2, 0.25) is 0 Å². The number of methoxy groups -OCH3 is 1. The molecule has 1 amide bonds. The Kier molecular flexibility index (Phi) is 4.31. The molecule has 20 heavy (non-hydrogen) atoms. The Morgan fingerprint density at radius 1 is 1.50 bits per heavy atom. The molecule has 0 saturated carbocycles. The zero-order chi connectivity index (χ0) is 14.7. The molecule has 2 rings (SSSR count). The van der Waals surface area contributed by atoms with Crippen LogP contribution in [0.25, 0.3) is 0 Å². The molecular weight excluding hydrogens is 267 g/mol. The van der Waals surface area contributed by atoms with Crippen molar-refractivity contribution in [3.05, 3.63) is 29.6 Å². The molecule has 1 aromatic carbocycles. The van der Waals surface area contributed by atoms with E-state index in [0.29, 0.717) is 6.54 Å². The van der Waals surface area contributed by atoms with Gasteiger partial charge in [0.05, 0.1) is 30.5 Å². The van der Waals surface area contributed by atoms with E-state index in [4.69, 9.17) is 0 Å². The van der Waals surface area contributed by atoms with Crippen molar-refractivity contribution in [2.75, 3.05) is 19.0 Å². The van der Waals surface area contributed by atoms with Crippen molar-refractivity contribution in [2.24, 2.45) is 0 Å². The number of hydrogen-bond donors (Lipinski definition) is 3. The van der Waals surface area contributed by atoms with Gasteiger partial charge in [0.1, 0.15) is 5.82 Å². The first-order chi connectivity index (χ1) is 9.51. The summed E-state index contributed by atoms with van der Waals surface area (Å²) in [5.41, 5.74) is 0.0460. The van der Waals surface area contributed by atoms with Crippen molar-refractivity contribution in [2.45, 2.75) is 18.6 Å². The molecule has 1 aliphatic rings. The summed E-state index contributed by atoms with van der Waals surface area (Å²) in [4.78, 5) is 23.3. The number of rotatable bonds is 3. The van der Waals surface area contributed by atoms with Gasteiger partial charge in [0.15, 0.2) is 0 Å². The Bertz CT molecular complexity index is 535. The Morgan fingerprint density at radius 2 is 2.25 bits per heavy atom. The van der Waals surface area contributed by atoms with Gasteiger partial charge in [-0.05, 0) is 24.6 Å². The first kappa shape index (κ1) is 14.4. The standard InChI is InChI=1S/C13H15FN2O4/c1-20-13(19)7-2-3-9(14)10(4-7)16-12(18)11-5-8(17)6-15-11/h2-4,8,11,15,17H,5-6H2,1H3,(H,16,18). The lowest BCUT2D eigenvalue weighted by molar-refractivity contribution is -0.118. The fraction of sp³-hybridized carbons (Fsp3) is 0.385. The van der Waals surface area contributed by atoms with Gasteiger partial charge in [0.25, 0.3) is 0 Å². The minimum absolute atomic E-state index is 0.0962. The third-order valence-electron chi connectivity index (χ3n) is 3.07. The lowest BCUT2D eigenvalue weighted by atomic mass is 10.1. The molecule has 1 aliphatic heterocycles. The molecule has 108 valence electrons. The van der Waals surface area contributed by atoms with E-state index >= 15 is 0 Å². The summed E-state index contributed by atoms with van der Waals surface area (Å²) in [6.45, 7) is 0.322. The zero-order valence-electron chi connectivity index (χ0n) is 10.9. The van der Waals surface area contributed by atoms with Crippen LogP contribution < -0.4 is 10.6 Å². The van der Waals surface area contributed by atoms with E-state index in [0.717, 1.165) is 6.07 Å². The highest BCUT2D eigenvalue weighted by Gasteiger charge is 2.28. The van der Waals surface area contributed by atoms with Crippen molar-refractivity contribution in [3.63, 3.8) is 0 Å². The number of esters is 1. The third kappa shape index (κ3) is 3.12. The van der Waals surface area contributed by atoms with Crippen LogP contribution in [0.3, 0.4) is 0 Å². The van der Waals surface area contributed by atoms with E-state index in [9.17, 15) is 19.1 Å². The van der Waals surface area contributed by atoms with Gasteiger partial charge < -0.3 is 20.5 Å². The minimum atomic E-state index is -0.649. The first-order valence-corrected chi connectivity index (χ1v) is 6.11. The van der Waals surface area contributed by atoms with Gasteiger partial charge >= 0.3 is 5.97 Å². The number of aliphatic hydroxyl groups is 1. The Labute approximate surface area is 114 Å². The molecule has 2 atom stereocenters.